The Morgan fingerprint density at radius 2 is 1.65 bits per heavy atom. The lowest BCUT2D eigenvalue weighted by Crippen LogP contribution is -2.13. The molecule has 0 aliphatic rings. The van der Waals surface area contributed by atoms with E-state index in [0.717, 1.165) is 11.1 Å². The van der Waals surface area contributed by atoms with E-state index < -0.39 is 5.97 Å². The van der Waals surface area contributed by atoms with Gasteiger partial charge in [0.2, 0.25) is 0 Å². The molecule has 3 aromatic rings. The number of aryl methyl sites for hydroxylation is 1. The zero-order valence-electron chi connectivity index (χ0n) is 14.5. The molecular weight excluding hydrogens is 441 g/mol. The van der Waals surface area contributed by atoms with E-state index in [1.54, 1.807) is 13.0 Å². The number of nitrogens with one attached hydrogen (secondary N) is 1. The summed E-state index contributed by atoms with van der Waals surface area (Å²) in [4.78, 5) is 28.6. The Labute approximate surface area is 165 Å². The van der Waals surface area contributed by atoms with Gasteiger partial charge < -0.3 is 9.72 Å². The first-order chi connectivity index (χ1) is 12.5. The highest BCUT2D eigenvalue weighted by Gasteiger charge is 2.27. The molecule has 0 spiro atoms. The number of esters is 1. The topological polar surface area (TPSA) is 59.2 Å². The number of aromatic amines is 1. The van der Waals surface area contributed by atoms with Crippen LogP contribution in [0, 0.1) is 10.6 Å². The molecule has 0 saturated heterocycles. The van der Waals surface area contributed by atoms with Crippen LogP contribution in [0.5, 0.6) is 0 Å². The highest BCUT2D eigenvalue weighted by Crippen LogP contribution is 2.26. The van der Waals surface area contributed by atoms with Crippen molar-refractivity contribution in [3.8, 4) is 0 Å². The monoisotopic (exact) mass is 459 g/mol. The largest absolute Gasteiger partial charge is 0.465 e. The van der Waals surface area contributed by atoms with Gasteiger partial charge in [0.15, 0.2) is 5.78 Å². The molecular formula is C21H18INO3. The summed E-state index contributed by atoms with van der Waals surface area (Å²) in [5, 5.41) is 0. The van der Waals surface area contributed by atoms with Gasteiger partial charge in [0.05, 0.1) is 21.9 Å². The van der Waals surface area contributed by atoms with Crippen LogP contribution in [0.3, 0.4) is 0 Å². The van der Waals surface area contributed by atoms with Gasteiger partial charge in [-0.05, 0) is 47.1 Å². The molecule has 0 atom stereocenters. The molecule has 132 valence electrons. The lowest BCUT2D eigenvalue weighted by atomic mass is 9.93. The molecule has 0 radical (unpaired) electrons. The van der Waals surface area contributed by atoms with Crippen molar-refractivity contribution in [3.63, 3.8) is 0 Å². The Bertz CT molecular complexity index is 961. The van der Waals surface area contributed by atoms with Gasteiger partial charge in [-0.3, -0.25) is 4.79 Å². The molecule has 26 heavy (non-hydrogen) atoms. The Hall–Kier alpha value is -2.41. The smallest absolute Gasteiger partial charge is 0.340 e. The number of hydrogen-bond donors (Lipinski definition) is 1. The van der Waals surface area contributed by atoms with Crippen molar-refractivity contribution in [2.75, 3.05) is 7.11 Å². The second-order valence-electron chi connectivity index (χ2n) is 5.95. The molecule has 0 aliphatic heterocycles. The first-order valence-corrected chi connectivity index (χ1v) is 9.23. The van der Waals surface area contributed by atoms with E-state index in [9.17, 15) is 9.59 Å². The summed E-state index contributed by atoms with van der Waals surface area (Å²) in [6.45, 7) is 1.76. The summed E-state index contributed by atoms with van der Waals surface area (Å²) in [6.07, 6.45) is 0.649. The van der Waals surface area contributed by atoms with E-state index in [1.165, 1.54) is 7.11 Å². The number of H-pyrrole nitrogens is 1. The van der Waals surface area contributed by atoms with Crippen molar-refractivity contribution >= 4 is 34.3 Å². The van der Waals surface area contributed by atoms with Crippen LogP contribution in [0.15, 0.2) is 54.6 Å². The molecule has 0 aliphatic carbocycles. The van der Waals surface area contributed by atoms with Crippen LogP contribution in [-0.2, 0) is 11.2 Å². The van der Waals surface area contributed by atoms with E-state index in [-0.39, 0.29) is 5.78 Å². The molecule has 0 fully saturated rings. The maximum atomic E-state index is 13.3. The fourth-order valence-corrected chi connectivity index (χ4v) is 3.92. The number of ether oxygens (including phenoxy) is 1. The number of rotatable bonds is 5. The predicted octanol–water partition coefficient (Wildman–Crippen LogP) is 4.54. The van der Waals surface area contributed by atoms with Crippen LogP contribution in [0.4, 0.5) is 0 Å². The zero-order valence-corrected chi connectivity index (χ0v) is 16.7. The molecule has 0 saturated carbocycles. The number of carbonyl (C=O) groups excluding carboxylic acids is 2. The number of carbonyl (C=O) groups is 2. The summed E-state index contributed by atoms with van der Waals surface area (Å²) in [5.74, 6) is -0.684. The maximum absolute atomic E-state index is 13.3. The van der Waals surface area contributed by atoms with Gasteiger partial charge in [-0.25, -0.2) is 4.79 Å². The van der Waals surface area contributed by atoms with Crippen LogP contribution in [-0.4, -0.2) is 23.8 Å². The van der Waals surface area contributed by atoms with Crippen LogP contribution >= 0.6 is 22.6 Å². The van der Waals surface area contributed by atoms with Gasteiger partial charge >= 0.3 is 5.97 Å². The first-order valence-electron chi connectivity index (χ1n) is 8.15. The van der Waals surface area contributed by atoms with Gasteiger partial charge in [0.25, 0.3) is 0 Å². The minimum absolute atomic E-state index is 0.175. The predicted molar refractivity (Wildman–Crippen MR) is 109 cm³/mol. The number of hydrogen-bond acceptors (Lipinski definition) is 3. The van der Waals surface area contributed by atoms with Crippen molar-refractivity contribution in [1.82, 2.24) is 4.98 Å². The van der Waals surface area contributed by atoms with Crippen molar-refractivity contribution in [2.45, 2.75) is 13.3 Å². The van der Waals surface area contributed by atoms with Gasteiger partial charge in [-0.2, -0.15) is 0 Å². The summed E-state index contributed by atoms with van der Waals surface area (Å²) >= 11 is 2.05. The highest BCUT2D eigenvalue weighted by atomic mass is 127. The van der Waals surface area contributed by atoms with Crippen molar-refractivity contribution in [3.05, 3.63) is 91.8 Å². The number of aromatic nitrogens is 1. The number of halogens is 1. The van der Waals surface area contributed by atoms with Crippen LogP contribution < -0.4 is 0 Å². The average Bonchev–Trinajstić information content (AvgIpc) is 2.95. The van der Waals surface area contributed by atoms with Crippen LogP contribution in [0.1, 0.15) is 43.1 Å². The number of ketones is 1. The molecule has 5 heteroatoms. The third-order valence-corrected chi connectivity index (χ3v) is 5.07. The molecule has 2 aromatic carbocycles. The third kappa shape index (κ3) is 3.58. The molecule has 0 bridgehead atoms. The fraction of sp³-hybridized carbons (Fsp3) is 0.143. The Morgan fingerprint density at radius 1 is 1.00 bits per heavy atom. The SMILES string of the molecule is COC(=O)c1c(C)[nH]c(I)c1C(=O)c1ccccc1Cc1ccccc1. The minimum atomic E-state index is -0.509. The molecule has 0 amide bonds. The van der Waals surface area contributed by atoms with Gasteiger partial charge in [0.1, 0.15) is 0 Å². The van der Waals surface area contributed by atoms with Gasteiger partial charge in [-0.15, -0.1) is 0 Å². The van der Waals surface area contributed by atoms with E-state index in [2.05, 4.69) is 4.98 Å². The Kier molecular flexibility index (Phi) is 5.56. The van der Waals surface area contributed by atoms with Crippen molar-refractivity contribution < 1.29 is 14.3 Å². The number of methoxy groups -OCH3 is 1. The highest BCUT2D eigenvalue weighted by molar-refractivity contribution is 14.1. The lowest BCUT2D eigenvalue weighted by molar-refractivity contribution is 0.0597. The molecule has 0 unspecified atom stereocenters. The van der Waals surface area contributed by atoms with E-state index in [4.69, 9.17) is 4.74 Å². The van der Waals surface area contributed by atoms with Crippen LogP contribution in [0.25, 0.3) is 0 Å². The standard InChI is InChI=1S/C21H18INO3/c1-13-17(21(25)26-2)18(20(22)23-13)19(24)16-11-7-6-10-15(16)12-14-8-4-3-5-9-14/h3-11,23H,12H2,1-2H3. The van der Waals surface area contributed by atoms with Gasteiger partial charge in [-0.1, -0.05) is 54.6 Å². The zero-order chi connectivity index (χ0) is 18.7. The maximum Gasteiger partial charge on any atom is 0.340 e. The summed E-state index contributed by atoms with van der Waals surface area (Å²) in [5.41, 5.74) is 3.95. The Morgan fingerprint density at radius 3 is 2.35 bits per heavy atom. The van der Waals surface area contributed by atoms with Crippen molar-refractivity contribution in [1.29, 1.82) is 0 Å². The summed E-state index contributed by atoms with van der Waals surface area (Å²) in [6, 6.07) is 17.5. The molecule has 3 rings (SSSR count). The molecule has 1 heterocycles. The first kappa shape index (κ1) is 18.4. The van der Waals surface area contributed by atoms with Gasteiger partial charge in [0, 0.05) is 11.3 Å². The minimum Gasteiger partial charge on any atom is -0.465 e. The Balaban J connectivity index is 2.06. The van der Waals surface area contributed by atoms with E-state index in [0.29, 0.717) is 32.5 Å². The number of benzene rings is 2. The van der Waals surface area contributed by atoms with E-state index >= 15 is 0 Å². The molecule has 1 aromatic heterocycles. The normalized spacial score (nSPS) is 10.6. The van der Waals surface area contributed by atoms with Crippen molar-refractivity contribution in [2.24, 2.45) is 0 Å². The van der Waals surface area contributed by atoms with Crippen LogP contribution in [0.2, 0.25) is 0 Å². The molecule has 1 N–H and O–H groups in total. The summed E-state index contributed by atoms with van der Waals surface area (Å²) in [7, 11) is 1.32. The molecule has 4 nitrogen and oxygen atoms in total. The third-order valence-electron chi connectivity index (χ3n) is 4.26. The van der Waals surface area contributed by atoms with E-state index in [1.807, 2.05) is 71.1 Å². The second kappa shape index (κ2) is 7.86. The second-order valence-corrected chi connectivity index (χ2v) is 7.03. The lowest BCUT2D eigenvalue weighted by Gasteiger charge is -2.10. The quantitative estimate of drug-likeness (QED) is 0.347. The fourth-order valence-electron chi connectivity index (χ4n) is 3.00. The average molecular weight is 459 g/mol. The summed E-state index contributed by atoms with van der Waals surface area (Å²) < 4.78 is 5.51.